The number of rotatable bonds is 10. The second-order valence-electron chi connectivity index (χ2n) is 11.5. The molecule has 37 heavy (non-hydrogen) atoms. The molecule has 0 aliphatic heterocycles. The first-order chi connectivity index (χ1) is 16.8. The minimum atomic E-state index is -1.20. The molecule has 2 fully saturated rings. The number of hydrogen-bond donors (Lipinski definition) is 0. The molecule has 6 unspecified atom stereocenters. The quantitative estimate of drug-likeness (QED) is 0.299. The molecule has 0 aromatic carbocycles. The summed E-state index contributed by atoms with van der Waals surface area (Å²) in [7, 11) is 0. The van der Waals surface area contributed by atoms with Crippen molar-refractivity contribution in [3.63, 3.8) is 0 Å². The van der Waals surface area contributed by atoms with Crippen molar-refractivity contribution in [3.8, 4) is 0 Å². The Bertz CT molecular complexity index is 663. The summed E-state index contributed by atoms with van der Waals surface area (Å²) < 4.78 is 10.9. The minimum absolute atomic E-state index is 0. The molecule has 9 heteroatoms. The van der Waals surface area contributed by atoms with Crippen LogP contribution in [0.1, 0.15) is 106 Å². The Labute approximate surface area is 252 Å². The van der Waals surface area contributed by atoms with Gasteiger partial charge in [-0.25, -0.2) is 0 Å². The molecule has 2 aliphatic carbocycles. The van der Waals surface area contributed by atoms with E-state index < -0.39 is 23.9 Å². The first kappa shape index (κ1) is 36.1. The van der Waals surface area contributed by atoms with Crippen molar-refractivity contribution in [2.45, 2.75) is 118 Å². The Morgan fingerprint density at radius 3 is 1.24 bits per heavy atom. The predicted octanol–water partition coefficient (Wildman–Crippen LogP) is 2.66. The maximum Gasteiger partial charge on any atom is 2.00 e. The number of esters is 2. The number of carboxylic acids is 2. The van der Waals surface area contributed by atoms with Gasteiger partial charge in [0.2, 0.25) is 0 Å². The number of carboxylic acid groups (broad SMARTS) is 2. The molecule has 0 aromatic rings. The predicted molar refractivity (Wildman–Crippen MR) is 137 cm³/mol. The summed E-state index contributed by atoms with van der Waals surface area (Å²) in [5.74, 6) is -0.339. The Balaban J connectivity index is 0.000000682. The topological polar surface area (TPSA) is 133 Å². The van der Waals surface area contributed by atoms with E-state index in [4.69, 9.17) is 9.47 Å². The van der Waals surface area contributed by atoms with Crippen LogP contribution in [0.2, 0.25) is 0 Å². The fourth-order valence-corrected chi connectivity index (χ4v) is 5.36. The van der Waals surface area contributed by atoms with Crippen molar-refractivity contribution in [1.82, 2.24) is 0 Å². The SMILES string of the molecule is CC1CCC(C(C)C)C(OC(=O)CCC(=O)[O-])C1.CC1CCC(C(C)C)C(OC(=O)CCC(=O)[O-])C1.[Ca+2]. The van der Waals surface area contributed by atoms with Crippen LogP contribution in [0.3, 0.4) is 0 Å². The Hall–Kier alpha value is -0.860. The summed E-state index contributed by atoms with van der Waals surface area (Å²) in [6.07, 6.45) is 5.50. The zero-order valence-electron chi connectivity index (χ0n) is 23.7. The number of hydrogen-bond acceptors (Lipinski definition) is 8. The first-order valence-electron chi connectivity index (χ1n) is 13.6. The van der Waals surface area contributed by atoms with Crippen molar-refractivity contribution in [2.75, 3.05) is 0 Å². The van der Waals surface area contributed by atoms with Gasteiger partial charge in [-0.05, 0) is 74.0 Å². The van der Waals surface area contributed by atoms with Crippen LogP contribution in [-0.4, -0.2) is 73.8 Å². The monoisotopic (exact) mass is 550 g/mol. The van der Waals surface area contributed by atoms with Crippen molar-refractivity contribution in [3.05, 3.63) is 0 Å². The second kappa shape index (κ2) is 18.4. The molecule has 0 bridgehead atoms. The van der Waals surface area contributed by atoms with Crippen LogP contribution in [-0.2, 0) is 28.7 Å². The minimum Gasteiger partial charge on any atom is -0.550 e. The van der Waals surface area contributed by atoms with Gasteiger partial charge < -0.3 is 29.3 Å². The molecule has 2 saturated carbocycles. The van der Waals surface area contributed by atoms with Gasteiger partial charge in [-0.3, -0.25) is 9.59 Å². The standard InChI is InChI=1S/2C14H24O4.Ca/c2*1-9(2)11-5-4-10(3)8-12(11)18-14(17)7-6-13(15)16;/h2*9-12H,4-8H2,1-3H3,(H,15,16);/q;;+2/p-2. The van der Waals surface area contributed by atoms with Crippen LogP contribution in [0.15, 0.2) is 0 Å². The number of ether oxygens (including phenoxy) is 2. The van der Waals surface area contributed by atoms with Gasteiger partial charge in [0, 0.05) is 11.9 Å². The average molecular weight is 551 g/mol. The van der Waals surface area contributed by atoms with Gasteiger partial charge in [0.15, 0.2) is 0 Å². The third kappa shape index (κ3) is 14.8. The van der Waals surface area contributed by atoms with Gasteiger partial charge in [0.05, 0.1) is 12.8 Å². The molecule has 6 atom stereocenters. The number of carbonyl (C=O) groups is 4. The van der Waals surface area contributed by atoms with Gasteiger partial charge in [-0.1, -0.05) is 54.4 Å². The van der Waals surface area contributed by atoms with E-state index >= 15 is 0 Å². The molecule has 8 nitrogen and oxygen atoms in total. The molecule has 2 rings (SSSR count). The van der Waals surface area contributed by atoms with Crippen LogP contribution in [0.5, 0.6) is 0 Å². The summed E-state index contributed by atoms with van der Waals surface area (Å²) in [6.45, 7) is 12.9. The van der Waals surface area contributed by atoms with Gasteiger partial charge >= 0.3 is 49.7 Å². The van der Waals surface area contributed by atoms with Gasteiger partial charge in [0.25, 0.3) is 0 Å². The van der Waals surface area contributed by atoms with E-state index in [9.17, 15) is 29.4 Å². The van der Waals surface area contributed by atoms with E-state index in [1.54, 1.807) is 0 Å². The van der Waals surface area contributed by atoms with Crippen molar-refractivity contribution < 1.29 is 38.9 Å². The Morgan fingerprint density at radius 1 is 0.649 bits per heavy atom. The zero-order valence-corrected chi connectivity index (χ0v) is 25.9. The van der Waals surface area contributed by atoms with Crippen LogP contribution in [0.25, 0.3) is 0 Å². The average Bonchev–Trinajstić information content (AvgIpc) is 2.76. The van der Waals surface area contributed by atoms with Crippen LogP contribution in [0.4, 0.5) is 0 Å². The zero-order chi connectivity index (χ0) is 27.4. The third-order valence-electron chi connectivity index (χ3n) is 7.55. The number of carbonyl (C=O) groups excluding carboxylic acids is 4. The largest absolute Gasteiger partial charge is 2.00 e. The van der Waals surface area contributed by atoms with Crippen LogP contribution >= 0.6 is 0 Å². The van der Waals surface area contributed by atoms with Crippen LogP contribution < -0.4 is 10.2 Å². The summed E-state index contributed by atoms with van der Waals surface area (Å²) in [4.78, 5) is 43.8. The maximum absolute atomic E-state index is 11.6. The van der Waals surface area contributed by atoms with Gasteiger partial charge in [0.1, 0.15) is 12.2 Å². The van der Waals surface area contributed by atoms with E-state index in [1.165, 1.54) is 12.8 Å². The van der Waals surface area contributed by atoms with E-state index in [0.717, 1.165) is 25.7 Å². The molecule has 0 N–H and O–H groups in total. The molecule has 0 saturated heterocycles. The Morgan fingerprint density at radius 2 is 0.973 bits per heavy atom. The molecule has 208 valence electrons. The van der Waals surface area contributed by atoms with Gasteiger partial charge in [-0.2, -0.15) is 0 Å². The molecular weight excluding hydrogens is 504 g/mol. The van der Waals surface area contributed by atoms with Crippen molar-refractivity contribution >= 4 is 61.6 Å². The Kier molecular flexibility index (Phi) is 18.0. The fraction of sp³-hybridized carbons (Fsp3) is 0.857. The summed E-state index contributed by atoms with van der Waals surface area (Å²) in [5, 5.41) is 20.6. The number of aliphatic carboxylic acids is 2. The van der Waals surface area contributed by atoms with Gasteiger partial charge in [-0.15, -0.1) is 0 Å². The molecule has 0 amide bonds. The van der Waals surface area contributed by atoms with E-state index in [0.29, 0.717) is 35.5 Å². The maximum atomic E-state index is 11.6. The summed E-state index contributed by atoms with van der Waals surface area (Å²) in [6, 6.07) is 0. The smallest absolute Gasteiger partial charge is 0.550 e. The normalized spacial score (nSPS) is 27.4. The third-order valence-corrected chi connectivity index (χ3v) is 7.55. The van der Waals surface area contributed by atoms with E-state index in [2.05, 4.69) is 41.5 Å². The fourth-order valence-electron chi connectivity index (χ4n) is 5.36. The first-order valence-corrected chi connectivity index (χ1v) is 13.6. The van der Waals surface area contributed by atoms with Crippen molar-refractivity contribution in [1.29, 1.82) is 0 Å². The molecule has 0 spiro atoms. The summed E-state index contributed by atoms with van der Waals surface area (Å²) >= 11 is 0. The van der Waals surface area contributed by atoms with E-state index in [1.807, 2.05) is 0 Å². The molecular formula is C28H46CaO8. The van der Waals surface area contributed by atoms with Crippen LogP contribution in [0, 0.1) is 35.5 Å². The second-order valence-corrected chi connectivity index (χ2v) is 11.5. The molecule has 0 aromatic heterocycles. The molecule has 0 radical (unpaired) electrons. The molecule has 2 aliphatic rings. The molecule has 0 heterocycles. The van der Waals surface area contributed by atoms with Crippen molar-refractivity contribution in [2.24, 2.45) is 35.5 Å². The van der Waals surface area contributed by atoms with E-state index in [-0.39, 0.29) is 75.6 Å². The summed E-state index contributed by atoms with van der Waals surface area (Å²) in [5.41, 5.74) is 0.